The minimum Gasteiger partial charge on any atom is -0.444 e. The number of fused-ring (bicyclic) bond motifs is 2. The van der Waals surface area contributed by atoms with Gasteiger partial charge in [0.15, 0.2) is 5.82 Å². The topological polar surface area (TPSA) is 97.5 Å². The van der Waals surface area contributed by atoms with E-state index in [0.29, 0.717) is 23.9 Å². The van der Waals surface area contributed by atoms with Crippen LogP contribution in [0.3, 0.4) is 0 Å². The molecule has 1 saturated carbocycles. The summed E-state index contributed by atoms with van der Waals surface area (Å²) in [5, 5.41) is 14.9. The van der Waals surface area contributed by atoms with E-state index in [-0.39, 0.29) is 18.2 Å². The average Bonchev–Trinajstić information content (AvgIpc) is 3.15. The van der Waals surface area contributed by atoms with E-state index in [4.69, 9.17) is 4.74 Å². The first kappa shape index (κ1) is 14.2. The average molecular weight is 317 g/mol. The summed E-state index contributed by atoms with van der Waals surface area (Å²) in [7, 11) is 0. The quantitative estimate of drug-likeness (QED) is 0.880. The van der Waals surface area contributed by atoms with Gasteiger partial charge in [0, 0.05) is 18.7 Å². The summed E-state index contributed by atoms with van der Waals surface area (Å²) in [5.41, 5.74) is 0.107. The second-order valence-electron chi connectivity index (χ2n) is 7.09. The van der Waals surface area contributed by atoms with Gasteiger partial charge in [0.25, 0.3) is 0 Å². The molecule has 4 heterocycles. The first-order valence-electron chi connectivity index (χ1n) is 7.71. The predicted octanol–water partition coefficient (Wildman–Crippen LogP) is 0.939. The van der Waals surface area contributed by atoms with E-state index in [1.807, 2.05) is 25.7 Å². The molecule has 0 spiro atoms. The molecule has 2 aliphatic heterocycles. The van der Waals surface area contributed by atoms with E-state index >= 15 is 0 Å². The van der Waals surface area contributed by atoms with Gasteiger partial charge in [0.1, 0.15) is 5.60 Å². The number of amides is 1. The number of nitrogens with one attached hydrogen (secondary N) is 1. The van der Waals surface area contributed by atoms with E-state index in [2.05, 4.69) is 25.8 Å². The van der Waals surface area contributed by atoms with Crippen LogP contribution in [0.4, 0.5) is 10.6 Å². The van der Waals surface area contributed by atoms with Crippen molar-refractivity contribution in [3.63, 3.8) is 0 Å². The molecule has 3 fully saturated rings. The van der Waals surface area contributed by atoms with Gasteiger partial charge in [-0.25, -0.2) is 9.78 Å². The van der Waals surface area contributed by atoms with Crippen molar-refractivity contribution in [3.05, 3.63) is 12.4 Å². The zero-order valence-corrected chi connectivity index (χ0v) is 13.3. The lowest BCUT2D eigenvalue weighted by molar-refractivity contribution is 0.0239. The number of anilines is 1. The summed E-state index contributed by atoms with van der Waals surface area (Å²) >= 11 is 0. The molecule has 2 saturated heterocycles. The third-order valence-electron chi connectivity index (χ3n) is 4.35. The third kappa shape index (κ3) is 2.36. The first-order chi connectivity index (χ1) is 10.9. The van der Waals surface area contributed by atoms with Gasteiger partial charge in [-0.3, -0.25) is 0 Å². The third-order valence-corrected chi connectivity index (χ3v) is 4.35. The molecule has 0 aromatic carbocycles. The van der Waals surface area contributed by atoms with Crippen molar-refractivity contribution in [2.75, 3.05) is 11.9 Å². The van der Waals surface area contributed by atoms with Crippen LogP contribution in [0.2, 0.25) is 0 Å². The van der Waals surface area contributed by atoms with Gasteiger partial charge in [0.2, 0.25) is 5.65 Å². The molecular weight excluding hydrogens is 298 g/mol. The van der Waals surface area contributed by atoms with Crippen molar-refractivity contribution in [3.8, 4) is 0 Å². The van der Waals surface area contributed by atoms with Gasteiger partial charge in [-0.15, -0.1) is 5.10 Å². The van der Waals surface area contributed by atoms with Gasteiger partial charge in [-0.2, -0.15) is 4.52 Å². The maximum Gasteiger partial charge on any atom is 0.410 e. The highest BCUT2D eigenvalue weighted by Crippen LogP contribution is 2.43. The number of nitrogens with zero attached hydrogens (tertiary/aromatic N) is 6. The molecular formula is C14H19N7O2. The Labute approximate surface area is 133 Å². The number of aromatic nitrogens is 5. The van der Waals surface area contributed by atoms with Crippen LogP contribution in [0.25, 0.3) is 5.65 Å². The Bertz CT molecular complexity index is 753. The van der Waals surface area contributed by atoms with Crippen LogP contribution in [0.5, 0.6) is 0 Å². The Morgan fingerprint density at radius 3 is 3.04 bits per heavy atom. The van der Waals surface area contributed by atoms with E-state index in [9.17, 15) is 4.79 Å². The van der Waals surface area contributed by atoms with Crippen LogP contribution in [0, 0.1) is 5.92 Å². The molecule has 3 atom stereocenters. The highest BCUT2D eigenvalue weighted by Gasteiger charge is 2.55. The highest BCUT2D eigenvalue weighted by atomic mass is 16.6. The molecule has 2 aromatic heterocycles. The molecule has 2 bridgehead atoms. The number of tetrazole rings is 1. The zero-order chi connectivity index (χ0) is 16.2. The van der Waals surface area contributed by atoms with Crippen LogP contribution < -0.4 is 5.32 Å². The monoisotopic (exact) mass is 317 g/mol. The molecule has 0 radical (unpaired) electrons. The number of carbonyl (C=O) groups is 1. The largest absolute Gasteiger partial charge is 0.444 e. The molecule has 3 aliphatic rings. The summed E-state index contributed by atoms with van der Waals surface area (Å²) in [4.78, 5) is 18.4. The minimum absolute atomic E-state index is 0.132. The number of carbonyl (C=O) groups excluding carboxylic acids is 1. The molecule has 9 heteroatoms. The fourth-order valence-corrected chi connectivity index (χ4v) is 3.30. The second-order valence-corrected chi connectivity index (χ2v) is 7.09. The van der Waals surface area contributed by atoms with Gasteiger partial charge in [-0.05, 0) is 37.6 Å². The van der Waals surface area contributed by atoms with Crippen molar-refractivity contribution in [2.24, 2.45) is 5.92 Å². The van der Waals surface area contributed by atoms with Crippen molar-refractivity contribution in [1.29, 1.82) is 0 Å². The second kappa shape index (κ2) is 4.77. The van der Waals surface area contributed by atoms with Crippen molar-refractivity contribution < 1.29 is 9.53 Å². The smallest absolute Gasteiger partial charge is 0.410 e. The SMILES string of the molecule is CC(C)(C)OC(=O)N1C[C@H]2C[C@H]1[C@@H]2Nc1nccn2nnnc12. The van der Waals surface area contributed by atoms with E-state index in [1.165, 1.54) is 0 Å². The molecule has 1 aliphatic carbocycles. The van der Waals surface area contributed by atoms with Crippen LogP contribution in [0.15, 0.2) is 12.4 Å². The van der Waals surface area contributed by atoms with Crippen molar-refractivity contribution >= 4 is 17.6 Å². The van der Waals surface area contributed by atoms with E-state index in [0.717, 1.165) is 6.42 Å². The molecule has 1 amide bonds. The van der Waals surface area contributed by atoms with Crippen LogP contribution in [0.1, 0.15) is 27.2 Å². The van der Waals surface area contributed by atoms with Gasteiger partial charge in [0.05, 0.1) is 18.3 Å². The molecule has 0 unspecified atom stereocenters. The number of hydrogen-bond donors (Lipinski definition) is 1. The van der Waals surface area contributed by atoms with E-state index < -0.39 is 5.60 Å². The van der Waals surface area contributed by atoms with Crippen LogP contribution >= 0.6 is 0 Å². The fraction of sp³-hybridized carbons (Fsp3) is 0.643. The Morgan fingerprint density at radius 2 is 2.26 bits per heavy atom. The molecule has 1 N–H and O–H groups in total. The Hall–Kier alpha value is -2.45. The molecule has 9 nitrogen and oxygen atoms in total. The standard InChI is InChI=1S/C14H19N7O2/c1-14(2,3)23-13(22)20-7-8-6-9(20)10(8)16-11-12-17-18-19-21(12)5-4-15-11/h4-5,8-10H,6-7H2,1-3H3,(H,15,16)/t8-,9+,10-/m1/s1. The van der Waals surface area contributed by atoms with Gasteiger partial charge >= 0.3 is 6.09 Å². The number of rotatable bonds is 2. The molecule has 122 valence electrons. The predicted molar refractivity (Wildman–Crippen MR) is 80.8 cm³/mol. The van der Waals surface area contributed by atoms with Gasteiger partial charge < -0.3 is 15.0 Å². The summed E-state index contributed by atoms with van der Waals surface area (Å²) in [6, 6.07) is 0.297. The maximum absolute atomic E-state index is 12.3. The molecule has 2 aromatic rings. The number of ether oxygens (including phenoxy) is 1. The molecule has 23 heavy (non-hydrogen) atoms. The van der Waals surface area contributed by atoms with E-state index in [1.54, 1.807) is 16.9 Å². The fourth-order valence-electron chi connectivity index (χ4n) is 3.30. The maximum atomic E-state index is 12.3. The molecule has 5 rings (SSSR count). The summed E-state index contributed by atoms with van der Waals surface area (Å²) in [6.45, 7) is 6.35. The summed E-state index contributed by atoms with van der Waals surface area (Å²) in [5.74, 6) is 1.05. The number of hydrogen-bond acceptors (Lipinski definition) is 7. The van der Waals surface area contributed by atoms with Crippen molar-refractivity contribution in [1.82, 2.24) is 29.9 Å². The zero-order valence-electron chi connectivity index (χ0n) is 13.3. The first-order valence-corrected chi connectivity index (χ1v) is 7.71. The van der Waals surface area contributed by atoms with Crippen LogP contribution in [-0.2, 0) is 4.74 Å². The Kier molecular flexibility index (Phi) is 2.94. The Morgan fingerprint density at radius 1 is 1.43 bits per heavy atom. The lowest BCUT2D eigenvalue weighted by atomic mass is 9.80. The van der Waals surface area contributed by atoms with Gasteiger partial charge in [-0.1, -0.05) is 0 Å². The Balaban J connectivity index is 1.49. The minimum atomic E-state index is -0.479. The summed E-state index contributed by atoms with van der Waals surface area (Å²) in [6.07, 6.45) is 4.09. The summed E-state index contributed by atoms with van der Waals surface area (Å²) < 4.78 is 7.05. The highest BCUT2D eigenvalue weighted by molar-refractivity contribution is 5.71. The normalized spacial score (nSPS) is 26.2. The lowest BCUT2D eigenvalue weighted by Gasteiger charge is -2.37. The lowest BCUT2D eigenvalue weighted by Crippen LogP contribution is -2.50. The van der Waals surface area contributed by atoms with Crippen molar-refractivity contribution in [2.45, 2.75) is 44.9 Å². The van der Waals surface area contributed by atoms with Crippen LogP contribution in [-0.4, -0.2) is 60.2 Å².